The quantitative estimate of drug-likeness (QED) is 0.371. The van der Waals surface area contributed by atoms with Gasteiger partial charge in [-0.2, -0.15) is 18.4 Å². The lowest BCUT2D eigenvalue weighted by Crippen LogP contribution is -2.16. The van der Waals surface area contributed by atoms with Gasteiger partial charge in [0.25, 0.3) is 10.0 Å². The number of benzene rings is 3. The summed E-state index contributed by atoms with van der Waals surface area (Å²) in [5.41, 5.74) is 0.277. The van der Waals surface area contributed by atoms with E-state index >= 15 is 0 Å². The van der Waals surface area contributed by atoms with Crippen LogP contribution in [-0.2, 0) is 16.2 Å². The molecule has 3 rings (SSSR count). The molecule has 1 N–H and O–H groups in total. The summed E-state index contributed by atoms with van der Waals surface area (Å²) < 4.78 is 67.1. The zero-order valence-corrected chi connectivity index (χ0v) is 19.8. The highest BCUT2D eigenvalue weighted by atomic mass is 35.5. The molecule has 0 aliphatic carbocycles. The number of halogens is 6. The van der Waals surface area contributed by atoms with Crippen LogP contribution in [0, 0.1) is 18.3 Å². The predicted molar refractivity (Wildman–Crippen MR) is 122 cm³/mol. The van der Waals surface area contributed by atoms with Crippen LogP contribution < -0.4 is 4.72 Å². The minimum atomic E-state index is -4.82. The minimum Gasteiger partial charge on any atom is -0.279 e. The smallest absolute Gasteiger partial charge is 0.279 e. The molecule has 0 bridgehead atoms. The molecule has 0 saturated heterocycles. The summed E-state index contributed by atoms with van der Waals surface area (Å²) in [5.74, 6) is -0.746. The summed E-state index contributed by atoms with van der Waals surface area (Å²) in [6, 6.07) is 13.9. The van der Waals surface area contributed by atoms with E-state index in [1.54, 1.807) is 37.3 Å². The number of rotatable bonds is 5. The second-order valence-corrected chi connectivity index (χ2v) is 9.98. The largest absolute Gasteiger partial charge is 0.417 e. The predicted octanol–water partition coefficient (Wildman–Crippen LogP) is 7.43. The molecular formula is C22H14Cl3F3N2O2S. The summed E-state index contributed by atoms with van der Waals surface area (Å²) in [6.45, 7) is 1.58. The van der Waals surface area contributed by atoms with E-state index in [0.29, 0.717) is 27.8 Å². The van der Waals surface area contributed by atoms with Gasteiger partial charge in [-0.3, -0.25) is 4.72 Å². The zero-order valence-electron chi connectivity index (χ0n) is 16.7. The average Bonchev–Trinajstić information content (AvgIpc) is 2.72. The number of nitrogens with one attached hydrogen (secondary N) is 1. The van der Waals surface area contributed by atoms with Gasteiger partial charge in [-0.25, -0.2) is 8.42 Å². The molecule has 0 aliphatic heterocycles. The maximum atomic E-state index is 13.1. The molecule has 3 aromatic carbocycles. The van der Waals surface area contributed by atoms with Crippen LogP contribution in [0.2, 0.25) is 15.1 Å². The molecule has 0 fully saturated rings. The van der Waals surface area contributed by atoms with Crippen molar-refractivity contribution in [2.24, 2.45) is 0 Å². The number of alkyl halides is 3. The van der Waals surface area contributed by atoms with E-state index in [0.717, 1.165) is 12.1 Å². The number of nitriles is 1. The number of hydrogen-bond acceptors (Lipinski definition) is 3. The van der Waals surface area contributed by atoms with Gasteiger partial charge < -0.3 is 0 Å². The van der Waals surface area contributed by atoms with Crippen molar-refractivity contribution in [1.29, 1.82) is 5.26 Å². The molecular weight excluding hydrogens is 520 g/mol. The topological polar surface area (TPSA) is 70.0 Å². The van der Waals surface area contributed by atoms with Crippen LogP contribution in [0.15, 0.2) is 59.5 Å². The molecule has 0 heterocycles. The van der Waals surface area contributed by atoms with Crippen molar-refractivity contribution in [2.75, 3.05) is 4.72 Å². The molecule has 1 unspecified atom stereocenters. The first kappa shape index (κ1) is 25.2. The third-order valence-corrected chi connectivity index (χ3v) is 7.06. The van der Waals surface area contributed by atoms with Crippen molar-refractivity contribution in [3.05, 3.63) is 91.9 Å². The number of sulfonamides is 1. The fourth-order valence-electron chi connectivity index (χ4n) is 3.11. The van der Waals surface area contributed by atoms with Gasteiger partial charge in [0.2, 0.25) is 0 Å². The first-order valence-electron chi connectivity index (χ1n) is 9.18. The maximum absolute atomic E-state index is 13.1. The molecule has 0 saturated carbocycles. The van der Waals surface area contributed by atoms with Crippen LogP contribution in [0.1, 0.15) is 28.2 Å². The minimum absolute atomic E-state index is 0.0556. The van der Waals surface area contributed by atoms with Gasteiger partial charge in [0, 0.05) is 10.0 Å². The Labute approximate surface area is 203 Å². The fraction of sp³-hybridized carbons (Fsp3) is 0.136. The van der Waals surface area contributed by atoms with Crippen molar-refractivity contribution in [2.45, 2.75) is 23.9 Å². The average molecular weight is 534 g/mol. The van der Waals surface area contributed by atoms with E-state index in [2.05, 4.69) is 10.8 Å². The van der Waals surface area contributed by atoms with Crippen molar-refractivity contribution in [3.63, 3.8) is 0 Å². The highest BCUT2D eigenvalue weighted by molar-refractivity contribution is 7.92. The summed E-state index contributed by atoms with van der Waals surface area (Å²) in [7, 11) is -4.39. The standard InChI is InChI=1S/C22H14Cl3F3N2O2S/c1-12-8-16(17(11-29)13-2-4-14(23)5-3-13)20(25)10-21(12)30-33(31,32)15-6-7-19(24)18(9-15)22(26,27)28/h2-10,17,30H,1H3. The summed E-state index contributed by atoms with van der Waals surface area (Å²) in [4.78, 5) is -0.616. The summed E-state index contributed by atoms with van der Waals surface area (Å²) >= 11 is 17.8. The lowest BCUT2D eigenvalue weighted by molar-refractivity contribution is -0.137. The van der Waals surface area contributed by atoms with Crippen LogP contribution in [0.4, 0.5) is 18.9 Å². The van der Waals surface area contributed by atoms with Gasteiger partial charge in [-0.05, 0) is 60.0 Å². The van der Waals surface area contributed by atoms with Crippen LogP contribution in [0.25, 0.3) is 0 Å². The number of nitrogens with zero attached hydrogens (tertiary/aromatic N) is 1. The van der Waals surface area contributed by atoms with Crippen LogP contribution in [0.5, 0.6) is 0 Å². The van der Waals surface area contributed by atoms with E-state index in [1.165, 1.54) is 6.07 Å². The Morgan fingerprint density at radius 1 is 0.970 bits per heavy atom. The first-order chi connectivity index (χ1) is 15.3. The zero-order chi connectivity index (χ0) is 24.6. The second kappa shape index (κ2) is 9.43. The summed E-state index contributed by atoms with van der Waals surface area (Å²) in [5, 5.41) is 9.67. The number of anilines is 1. The van der Waals surface area contributed by atoms with Crippen LogP contribution >= 0.6 is 34.8 Å². The number of hydrogen-bond donors (Lipinski definition) is 1. The summed E-state index contributed by atoms with van der Waals surface area (Å²) in [6.07, 6.45) is -4.82. The van der Waals surface area contributed by atoms with Gasteiger partial charge in [0.15, 0.2) is 0 Å². The molecule has 4 nitrogen and oxygen atoms in total. The van der Waals surface area contributed by atoms with Crippen molar-refractivity contribution >= 4 is 50.5 Å². The Kier molecular flexibility index (Phi) is 7.20. The van der Waals surface area contributed by atoms with E-state index in [1.807, 2.05) is 0 Å². The normalized spacial score (nSPS) is 12.8. The Hall–Kier alpha value is -2.44. The van der Waals surface area contributed by atoms with Gasteiger partial charge in [0.1, 0.15) is 0 Å². The molecule has 11 heteroatoms. The van der Waals surface area contributed by atoms with Crippen LogP contribution in [-0.4, -0.2) is 8.42 Å². The molecule has 0 spiro atoms. The Bertz CT molecular complexity index is 1350. The van der Waals surface area contributed by atoms with Gasteiger partial charge in [0.05, 0.1) is 33.2 Å². The van der Waals surface area contributed by atoms with Gasteiger partial charge in [-0.15, -0.1) is 0 Å². The molecule has 0 radical (unpaired) electrons. The fourth-order valence-corrected chi connectivity index (χ4v) is 4.88. The van der Waals surface area contributed by atoms with E-state index in [9.17, 15) is 26.9 Å². The maximum Gasteiger partial charge on any atom is 0.417 e. The lowest BCUT2D eigenvalue weighted by Gasteiger charge is -2.17. The molecule has 3 aromatic rings. The second-order valence-electron chi connectivity index (χ2n) is 7.05. The number of aryl methyl sites for hydroxylation is 1. The van der Waals surface area contributed by atoms with Gasteiger partial charge >= 0.3 is 6.18 Å². The lowest BCUT2D eigenvalue weighted by atomic mass is 9.91. The highest BCUT2D eigenvalue weighted by Gasteiger charge is 2.34. The third-order valence-electron chi connectivity index (χ3n) is 4.78. The van der Waals surface area contributed by atoms with E-state index < -0.39 is 37.6 Å². The molecule has 1 atom stereocenters. The Morgan fingerprint density at radius 2 is 1.61 bits per heavy atom. The van der Waals surface area contributed by atoms with Gasteiger partial charge in [-0.1, -0.05) is 53.0 Å². The van der Waals surface area contributed by atoms with Crippen molar-refractivity contribution < 1.29 is 21.6 Å². The monoisotopic (exact) mass is 532 g/mol. The molecule has 0 amide bonds. The SMILES string of the molecule is Cc1cc(C(C#N)c2ccc(Cl)cc2)c(Cl)cc1NS(=O)(=O)c1ccc(Cl)c(C(F)(F)F)c1. The highest BCUT2D eigenvalue weighted by Crippen LogP contribution is 2.37. The third kappa shape index (κ3) is 5.56. The van der Waals surface area contributed by atoms with Crippen molar-refractivity contribution in [3.8, 4) is 6.07 Å². The molecule has 172 valence electrons. The first-order valence-corrected chi connectivity index (χ1v) is 11.8. The van der Waals surface area contributed by atoms with Crippen molar-refractivity contribution in [1.82, 2.24) is 0 Å². The van der Waals surface area contributed by atoms with Crippen LogP contribution in [0.3, 0.4) is 0 Å². The molecule has 33 heavy (non-hydrogen) atoms. The molecule has 0 aromatic heterocycles. The molecule has 0 aliphatic rings. The Morgan fingerprint density at radius 3 is 2.18 bits per heavy atom. The van der Waals surface area contributed by atoms with E-state index in [-0.39, 0.29) is 10.7 Å². The Balaban J connectivity index is 1.98. The van der Waals surface area contributed by atoms with E-state index in [4.69, 9.17) is 34.8 Å².